The van der Waals surface area contributed by atoms with Crippen molar-refractivity contribution in [3.63, 3.8) is 0 Å². The summed E-state index contributed by atoms with van der Waals surface area (Å²) < 4.78 is 12.9. The van der Waals surface area contributed by atoms with Gasteiger partial charge in [-0.15, -0.1) is 24.0 Å². The Bertz CT molecular complexity index is 994. The molecule has 0 aliphatic carbocycles. The Hall–Kier alpha value is -2.82. The average Bonchev–Trinajstić information content (AvgIpc) is 3.36. The van der Waals surface area contributed by atoms with E-state index in [1.807, 2.05) is 35.9 Å². The van der Waals surface area contributed by atoms with Gasteiger partial charge in [-0.3, -0.25) is 4.57 Å². The number of ether oxygens (including phenoxy) is 2. The maximum absolute atomic E-state index is 5.67. The van der Waals surface area contributed by atoms with Crippen molar-refractivity contribution in [1.29, 1.82) is 0 Å². The molecule has 178 valence electrons. The van der Waals surface area contributed by atoms with E-state index in [-0.39, 0.29) is 24.0 Å². The average molecular weight is 564 g/mol. The largest absolute Gasteiger partial charge is 0.493 e. The zero-order chi connectivity index (χ0) is 22.6. The molecular weight excluding hydrogens is 531 g/mol. The Balaban J connectivity index is 0.00000385. The maximum Gasteiger partial charge on any atom is 0.191 e. The Morgan fingerprint density at radius 1 is 1.06 bits per heavy atom. The molecule has 0 aliphatic heterocycles. The molecule has 2 heterocycles. The first-order chi connectivity index (χ1) is 15.7. The van der Waals surface area contributed by atoms with E-state index in [4.69, 9.17) is 14.5 Å². The number of guanidine groups is 1. The molecule has 0 radical (unpaired) electrons. The van der Waals surface area contributed by atoms with Gasteiger partial charge in [0.25, 0.3) is 0 Å². The van der Waals surface area contributed by atoms with E-state index in [0.717, 1.165) is 54.8 Å². The topological polar surface area (TPSA) is 85.6 Å². The van der Waals surface area contributed by atoms with Crippen LogP contribution in [0.25, 0.3) is 5.82 Å². The summed E-state index contributed by atoms with van der Waals surface area (Å²) in [5, 5.41) is 6.72. The SMILES string of the molecule is CCNC(=NCc1ccnc(-n2ccnc2)c1)NCCCc1ccc(OC)c(OCC)c1.I. The van der Waals surface area contributed by atoms with Crippen LogP contribution >= 0.6 is 24.0 Å². The second-order valence-corrected chi connectivity index (χ2v) is 7.14. The zero-order valence-corrected chi connectivity index (χ0v) is 21.8. The van der Waals surface area contributed by atoms with Crippen LogP contribution in [0.2, 0.25) is 0 Å². The van der Waals surface area contributed by atoms with Crippen molar-refractivity contribution in [3.05, 3.63) is 66.4 Å². The van der Waals surface area contributed by atoms with Crippen molar-refractivity contribution in [1.82, 2.24) is 25.2 Å². The van der Waals surface area contributed by atoms with Gasteiger partial charge in [0.05, 0.1) is 20.3 Å². The molecule has 8 nitrogen and oxygen atoms in total. The molecule has 0 fully saturated rings. The standard InChI is InChI=1S/C24H32N6O2.HI/c1-4-26-24(29-17-20-10-12-27-23(16-20)30-14-13-25-18-30)28-11-6-7-19-8-9-21(31-3)22(15-19)32-5-2;/h8-10,12-16,18H,4-7,11,17H2,1-3H3,(H2,26,28,29);1H. The highest BCUT2D eigenvalue weighted by molar-refractivity contribution is 14.0. The van der Waals surface area contributed by atoms with Gasteiger partial charge < -0.3 is 20.1 Å². The highest BCUT2D eigenvalue weighted by atomic mass is 127. The highest BCUT2D eigenvalue weighted by Gasteiger charge is 2.06. The lowest BCUT2D eigenvalue weighted by molar-refractivity contribution is 0.310. The maximum atomic E-state index is 5.67. The van der Waals surface area contributed by atoms with E-state index in [2.05, 4.69) is 39.7 Å². The third kappa shape index (κ3) is 8.23. The van der Waals surface area contributed by atoms with Gasteiger partial charge in [-0.25, -0.2) is 15.0 Å². The monoisotopic (exact) mass is 564 g/mol. The molecule has 2 N–H and O–H groups in total. The lowest BCUT2D eigenvalue weighted by atomic mass is 10.1. The molecular formula is C24H33IN6O2. The van der Waals surface area contributed by atoms with Gasteiger partial charge in [0, 0.05) is 31.7 Å². The Labute approximate surface area is 212 Å². The Morgan fingerprint density at radius 3 is 2.67 bits per heavy atom. The Morgan fingerprint density at radius 2 is 1.94 bits per heavy atom. The first-order valence-corrected chi connectivity index (χ1v) is 11.0. The summed E-state index contributed by atoms with van der Waals surface area (Å²) in [7, 11) is 1.66. The van der Waals surface area contributed by atoms with Gasteiger partial charge in [-0.1, -0.05) is 6.07 Å². The number of aryl methyl sites for hydroxylation is 1. The first kappa shape index (κ1) is 26.4. The van der Waals surface area contributed by atoms with E-state index in [1.54, 1.807) is 25.8 Å². The number of pyridine rings is 1. The van der Waals surface area contributed by atoms with Crippen LogP contribution in [-0.4, -0.2) is 47.3 Å². The number of halogens is 1. The van der Waals surface area contributed by atoms with Crippen LogP contribution in [0.4, 0.5) is 0 Å². The third-order valence-electron chi connectivity index (χ3n) is 4.81. The number of rotatable bonds is 11. The molecule has 0 saturated heterocycles. The van der Waals surface area contributed by atoms with E-state index in [1.165, 1.54) is 5.56 Å². The predicted molar refractivity (Wildman–Crippen MR) is 142 cm³/mol. The summed E-state index contributed by atoms with van der Waals surface area (Å²) in [6.45, 7) is 6.84. The van der Waals surface area contributed by atoms with Crippen molar-refractivity contribution >= 4 is 29.9 Å². The molecule has 1 aromatic carbocycles. The van der Waals surface area contributed by atoms with Crippen LogP contribution in [0.3, 0.4) is 0 Å². The van der Waals surface area contributed by atoms with E-state index in [9.17, 15) is 0 Å². The minimum Gasteiger partial charge on any atom is -0.493 e. The van der Waals surface area contributed by atoms with Gasteiger partial charge >= 0.3 is 0 Å². The van der Waals surface area contributed by atoms with Crippen molar-refractivity contribution in [2.24, 2.45) is 4.99 Å². The quantitative estimate of drug-likeness (QED) is 0.159. The van der Waals surface area contributed by atoms with Crippen LogP contribution in [0.1, 0.15) is 31.4 Å². The molecule has 0 atom stereocenters. The molecule has 0 unspecified atom stereocenters. The first-order valence-electron chi connectivity index (χ1n) is 11.0. The fourth-order valence-electron chi connectivity index (χ4n) is 3.25. The number of hydrogen-bond donors (Lipinski definition) is 2. The van der Waals surface area contributed by atoms with Gasteiger partial charge in [0.1, 0.15) is 12.1 Å². The minimum atomic E-state index is 0. The number of imidazole rings is 1. The van der Waals surface area contributed by atoms with Gasteiger partial charge in [-0.2, -0.15) is 0 Å². The fourth-order valence-corrected chi connectivity index (χ4v) is 3.25. The van der Waals surface area contributed by atoms with E-state index < -0.39 is 0 Å². The van der Waals surface area contributed by atoms with Crippen molar-refractivity contribution in [2.75, 3.05) is 26.8 Å². The molecule has 0 spiro atoms. The number of aliphatic imine (C=N–C) groups is 1. The molecule has 2 aromatic heterocycles. The van der Waals surface area contributed by atoms with E-state index >= 15 is 0 Å². The normalized spacial score (nSPS) is 10.9. The van der Waals surface area contributed by atoms with Gasteiger partial charge in [0.2, 0.25) is 0 Å². The van der Waals surface area contributed by atoms with Crippen LogP contribution in [0, 0.1) is 0 Å². The number of hydrogen-bond acceptors (Lipinski definition) is 5. The summed E-state index contributed by atoms with van der Waals surface area (Å²) in [5.74, 6) is 3.20. The summed E-state index contributed by atoms with van der Waals surface area (Å²) in [6.07, 6.45) is 9.06. The summed E-state index contributed by atoms with van der Waals surface area (Å²) in [5.41, 5.74) is 2.31. The lowest BCUT2D eigenvalue weighted by Gasteiger charge is -2.13. The highest BCUT2D eigenvalue weighted by Crippen LogP contribution is 2.28. The third-order valence-corrected chi connectivity index (χ3v) is 4.81. The second kappa shape index (κ2) is 14.4. The number of nitrogens with one attached hydrogen (secondary N) is 2. The fraction of sp³-hybridized carbons (Fsp3) is 0.375. The van der Waals surface area contributed by atoms with Gasteiger partial charge in [0.15, 0.2) is 17.5 Å². The lowest BCUT2D eigenvalue weighted by Crippen LogP contribution is -2.37. The number of benzene rings is 1. The zero-order valence-electron chi connectivity index (χ0n) is 19.5. The van der Waals surface area contributed by atoms with Crippen LogP contribution in [0.5, 0.6) is 11.5 Å². The van der Waals surface area contributed by atoms with Crippen LogP contribution < -0.4 is 20.1 Å². The van der Waals surface area contributed by atoms with Crippen molar-refractivity contribution in [2.45, 2.75) is 33.2 Å². The molecule has 0 saturated carbocycles. The van der Waals surface area contributed by atoms with Crippen molar-refractivity contribution < 1.29 is 9.47 Å². The second-order valence-electron chi connectivity index (χ2n) is 7.14. The summed E-state index contributed by atoms with van der Waals surface area (Å²) in [4.78, 5) is 13.2. The minimum absolute atomic E-state index is 0. The number of methoxy groups -OCH3 is 1. The van der Waals surface area contributed by atoms with Crippen molar-refractivity contribution in [3.8, 4) is 17.3 Å². The molecule has 0 bridgehead atoms. The number of aromatic nitrogens is 3. The molecule has 0 amide bonds. The van der Waals surface area contributed by atoms with Crippen LogP contribution in [0.15, 0.2) is 60.2 Å². The smallest absolute Gasteiger partial charge is 0.191 e. The molecule has 3 rings (SSSR count). The predicted octanol–water partition coefficient (Wildman–Crippen LogP) is 3.98. The number of nitrogens with zero attached hydrogens (tertiary/aromatic N) is 4. The van der Waals surface area contributed by atoms with E-state index in [0.29, 0.717) is 13.2 Å². The summed E-state index contributed by atoms with van der Waals surface area (Å²) in [6, 6.07) is 10.1. The summed E-state index contributed by atoms with van der Waals surface area (Å²) >= 11 is 0. The molecule has 3 aromatic rings. The van der Waals surface area contributed by atoms with Gasteiger partial charge in [-0.05, 0) is 62.1 Å². The molecule has 0 aliphatic rings. The Kier molecular flexibility index (Phi) is 11.5. The molecule has 9 heteroatoms. The van der Waals surface area contributed by atoms with Crippen LogP contribution in [-0.2, 0) is 13.0 Å². The molecule has 33 heavy (non-hydrogen) atoms.